The second kappa shape index (κ2) is 14.2. The number of carboxylic acids is 1. The normalized spacial score (nSPS) is 10.5. The molecule has 126 valence electrons. The third-order valence-electron chi connectivity index (χ3n) is 2.81. The van der Waals surface area contributed by atoms with E-state index in [1.807, 2.05) is 38.1 Å². The Morgan fingerprint density at radius 2 is 1.77 bits per heavy atom. The molecule has 0 amide bonds. The molecule has 0 spiro atoms. The predicted octanol–water partition coefficient (Wildman–Crippen LogP) is 2.62. The molecule has 0 fully saturated rings. The zero-order valence-electron chi connectivity index (χ0n) is 14.1. The van der Waals surface area contributed by atoms with Crippen LogP contribution in [0.15, 0.2) is 24.3 Å². The summed E-state index contributed by atoms with van der Waals surface area (Å²) in [6, 6.07) is 6.99. The number of aryl methyl sites for hydroxylation is 1. The van der Waals surface area contributed by atoms with Gasteiger partial charge in [0.2, 0.25) is 0 Å². The number of ketones is 1. The molecule has 1 aromatic rings. The minimum atomic E-state index is -0.955. The Labute approximate surface area is 133 Å². The number of hydrogen-bond acceptors (Lipinski definition) is 4. The molecule has 1 aromatic carbocycles. The highest BCUT2D eigenvalue weighted by atomic mass is 16.4. The highest BCUT2D eigenvalue weighted by Gasteiger charge is 2.08. The first kappa shape index (κ1) is 22.6. The molecule has 0 saturated carbocycles. The zero-order valence-corrected chi connectivity index (χ0v) is 14.1. The van der Waals surface area contributed by atoms with Crippen LogP contribution in [0.3, 0.4) is 0 Å². The van der Waals surface area contributed by atoms with Crippen LogP contribution in [0.1, 0.15) is 56.5 Å². The Bertz CT molecular complexity index is 434. The quantitative estimate of drug-likeness (QED) is 0.700. The lowest BCUT2D eigenvalue weighted by Crippen LogP contribution is -2.30. The topological polar surface area (TPSA) is 106 Å². The van der Waals surface area contributed by atoms with Crippen molar-refractivity contribution in [2.75, 3.05) is 6.54 Å². The first-order chi connectivity index (χ1) is 10.4. The zero-order chi connectivity index (χ0) is 17.5. The Balaban J connectivity index is 0. The van der Waals surface area contributed by atoms with Crippen molar-refractivity contribution < 1.29 is 14.7 Å². The summed E-state index contributed by atoms with van der Waals surface area (Å²) in [6.07, 6.45) is 2.06. The second-order valence-corrected chi connectivity index (χ2v) is 4.44. The molecule has 1 atom stereocenters. The smallest absolute Gasteiger partial charge is 0.320 e. The van der Waals surface area contributed by atoms with Gasteiger partial charge in [-0.25, -0.2) is 0 Å². The maximum absolute atomic E-state index is 11.0. The molecule has 5 N–H and O–H groups in total. The van der Waals surface area contributed by atoms with Crippen LogP contribution in [0.4, 0.5) is 0 Å². The van der Waals surface area contributed by atoms with Crippen molar-refractivity contribution >= 4 is 11.8 Å². The summed E-state index contributed by atoms with van der Waals surface area (Å²) in [5, 5.41) is 8.24. The van der Waals surface area contributed by atoms with Gasteiger partial charge >= 0.3 is 5.97 Å². The van der Waals surface area contributed by atoms with Crippen LogP contribution in [0.25, 0.3) is 0 Å². The van der Waals surface area contributed by atoms with Crippen LogP contribution < -0.4 is 11.5 Å². The fourth-order valence-corrected chi connectivity index (χ4v) is 1.63. The van der Waals surface area contributed by atoms with Crippen LogP contribution in [-0.4, -0.2) is 29.4 Å². The maximum Gasteiger partial charge on any atom is 0.320 e. The highest BCUT2D eigenvalue weighted by molar-refractivity contribution is 5.95. The molecule has 0 aliphatic heterocycles. The standard InChI is InChI=1S/C10H12O.C5H12N2O2.C2H6/c1-3-9-6-4-5-7-10(9)8(2)11;6-3-1-2-4(7)5(8)9;1-2/h4-7H,3H2,1-2H3;4H,1-3,6-7H2,(H,8,9);1-2H3. The Kier molecular flexibility index (Phi) is 14.6. The van der Waals surface area contributed by atoms with Crippen LogP contribution >= 0.6 is 0 Å². The summed E-state index contributed by atoms with van der Waals surface area (Å²) in [5.41, 5.74) is 12.3. The van der Waals surface area contributed by atoms with E-state index < -0.39 is 12.0 Å². The summed E-state index contributed by atoms with van der Waals surface area (Å²) in [5.74, 6) is -0.800. The highest BCUT2D eigenvalue weighted by Crippen LogP contribution is 2.09. The molecular formula is C17H30N2O3. The third kappa shape index (κ3) is 10.1. The van der Waals surface area contributed by atoms with Crippen molar-refractivity contribution in [2.24, 2.45) is 11.5 Å². The van der Waals surface area contributed by atoms with Gasteiger partial charge in [-0.3, -0.25) is 9.59 Å². The summed E-state index contributed by atoms with van der Waals surface area (Å²) >= 11 is 0. The van der Waals surface area contributed by atoms with Crippen molar-refractivity contribution in [3.8, 4) is 0 Å². The first-order valence-corrected chi connectivity index (χ1v) is 7.71. The lowest BCUT2D eigenvalue weighted by Gasteiger charge is -2.02. The van der Waals surface area contributed by atoms with Gasteiger partial charge in [-0.2, -0.15) is 0 Å². The van der Waals surface area contributed by atoms with Crippen LogP contribution in [0.2, 0.25) is 0 Å². The molecule has 5 nitrogen and oxygen atoms in total. The van der Waals surface area contributed by atoms with Gasteiger partial charge in [-0.05, 0) is 38.3 Å². The SMILES string of the molecule is CC.CCc1ccccc1C(C)=O.NCCCC(N)C(=O)O. The van der Waals surface area contributed by atoms with E-state index in [4.69, 9.17) is 16.6 Å². The third-order valence-corrected chi connectivity index (χ3v) is 2.81. The predicted molar refractivity (Wildman–Crippen MR) is 91.1 cm³/mol. The molecule has 0 aromatic heterocycles. The fraction of sp³-hybridized carbons (Fsp3) is 0.529. The fourth-order valence-electron chi connectivity index (χ4n) is 1.63. The van der Waals surface area contributed by atoms with E-state index >= 15 is 0 Å². The second-order valence-electron chi connectivity index (χ2n) is 4.44. The van der Waals surface area contributed by atoms with E-state index in [-0.39, 0.29) is 5.78 Å². The molecule has 0 bridgehead atoms. The van der Waals surface area contributed by atoms with Gasteiger partial charge < -0.3 is 16.6 Å². The average molecular weight is 310 g/mol. The Morgan fingerprint density at radius 1 is 1.23 bits per heavy atom. The van der Waals surface area contributed by atoms with E-state index in [2.05, 4.69) is 6.92 Å². The molecule has 0 heterocycles. The number of benzene rings is 1. The monoisotopic (exact) mass is 310 g/mol. The van der Waals surface area contributed by atoms with E-state index in [9.17, 15) is 9.59 Å². The van der Waals surface area contributed by atoms with Gasteiger partial charge in [0.05, 0.1) is 0 Å². The Morgan fingerprint density at radius 3 is 2.14 bits per heavy atom. The summed E-state index contributed by atoms with van der Waals surface area (Å²) < 4.78 is 0. The van der Waals surface area contributed by atoms with Crippen molar-refractivity contribution in [2.45, 2.75) is 53.0 Å². The molecule has 0 aliphatic carbocycles. The van der Waals surface area contributed by atoms with Gasteiger partial charge in [0.25, 0.3) is 0 Å². The van der Waals surface area contributed by atoms with E-state index in [0.29, 0.717) is 19.4 Å². The molecule has 22 heavy (non-hydrogen) atoms. The molecule has 0 saturated heterocycles. The molecule has 5 heteroatoms. The number of Topliss-reactive ketones (excluding diaryl/α,β-unsaturated/α-hetero) is 1. The van der Waals surface area contributed by atoms with Gasteiger partial charge in [0, 0.05) is 5.56 Å². The molecule has 1 rings (SSSR count). The lowest BCUT2D eigenvalue weighted by atomic mass is 10.0. The van der Waals surface area contributed by atoms with Crippen molar-refractivity contribution in [1.82, 2.24) is 0 Å². The number of carboxylic acid groups (broad SMARTS) is 1. The van der Waals surface area contributed by atoms with Crippen molar-refractivity contribution in [3.05, 3.63) is 35.4 Å². The number of rotatable bonds is 6. The number of nitrogens with two attached hydrogens (primary N) is 2. The lowest BCUT2D eigenvalue weighted by molar-refractivity contribution is -0.138. The van der Waals surface area contributed by atoms with E-state index in [1.54, 1.807) is 6.92 Å². The largest absolute Gasteiger partial charge is 0.480 e. The molecule has 0 radical (unpaired) electrons. The van der Waals surface area contributed by atoms with E-state index in [0.717, 1.165) is 17.5 Å². The van der Waals surface area contributed by atoms with Gasteiger partial charge in [-0.1, -0.05) is 45.0 Å². The van der Waals surface area contributed by atoms with Crippen molar-refractivity contribution in [3.63, 3.8) is 0 Å². The number of carbonyl (C=O) groups is 2. The van der Waals surface area contributed by atoms with Crippen molar-refractivity contribution in [1.29, 1.82) is 0 Å². The van der Waals surface area contributed by atoms with Gasteiger partial charge in [0.1, 0.15) is 6.04 Å². The van der Waals surface area contributed by atoms with Crippen LogP contribution in [0, 0.1) is 0 Å². The molecule has 0 aliphatic rings. The van der Waals surface area contributed by atoms with E-state index in [1.165, 1.54) is 0 Å². The number of aliphatic carboxylic acids is 1. The summed E-state index contributed by atoms with van der Waals surface area (Å²) in [6.45, 7) is 8.16. The summed E-state index contributed by atoms with van der Waals surface area (Å²) in [7, 11) is 0. The first-order valence-electron chi connectivity index (χ1n) is 7.71. The molecule has 1 unspecified atom stereocenters. The molecular weight excluding hydrogens is 280 g/mol. The Hall–Kier alpha value is -1.72. The minimum Gasteiger partial charge on any atom is -0.480 e. The van der Waals surface area contributed by atoms with Crippen LogP contribution in [0.5, 0.6) is 0 Å². The maximum atomic E-state index is 11.0. The number of hydrogen-bond donors (Lipinski definition) is 3. The minimum absolute atomic E-state index is 0.155. The van der Waals surface area contributed by atoms with Gasteiger partial charge in [-0.15, -0.1) is 0 Å². The summed E-state index contributed by atoms with van der Waals surface area (Å²) in [4.78, 5) is 21.1. The average Bonchev–Trinajstić information content (AvgIpc) is 2.54. The number of carbonyl (C=O) groups excluding carboxylic acids is 1. The van der Waals surface area contributed by atoms with Gasteiger partial charge in [0.15, 0.2) is 5.78 Å². The van der Waals surface area contributed by atoms with Crippen LogP contribution in [-0.2, 0) is 11.2 Å².